The lowest BCUT2D eigenvalue weighted by molar-refractivity contribution is -0.149. The van der Waals surface area contributed by atoms with Crippen LogP contribution in [0.2, 0.25) is 0 Å². The number of carbonyl (C=O) groups is 1. The summed E-state index contributed by atoms with van der Waals surface area (Å²) >= 11 is 0. The Labute approximate surface area is 72.3 Å². The third-order valence-electron chi connectivity index (χ3n) is 1.73. The molecule has 1 saturated heterocycles. The number of esters is 1. The first-order valence-corrected chi connectivity index (χ1v) is 3.82. The zero-order valence-corrected chi connectivity index (χ0v) is 6.90. The van der Waals surface area contributed by atoms with Crippen molar-refractivity contribution in [2.45, 2.75) is 31.6 Å². The summed E-state index contributed by atoms with van der Waals surface area (Å²) in [5.74, 6) is -0.379. The van der Waals surface area contributed by atoms with Crippen molar-refractivity contribution >= 4 is 13.8 Å². The summed E-state index contributed by atoms with van der Waals surface area (Å²) in [5, 5.41) is 8.80. The van der Waals surface area contributed by atoms with E-state index in [1.165, 1.54) is 6.92 Å². The number of rotatable bonds is 2. The van der Waals surface area contributed by atoms with E-state index in [2.05, 4.69) is 0 Å². The quantitative estimate of drug-likeness (QED) is 0.435. The second-order valence-corrected chi connectivity index (χ2v) is 2.78. The number of ether oxygens (including phenoxy) is 2. The summed E-state index contributed by atoms with van der Waals surface area (Å²) in [6, 6.07) is -0.438. The molecule has 0 spiro atoms. The van der Waals surface area contributed by atoms with Gasteiger partial charge in [-0.15, -0.1) is 0 Å². The van der Waals surface area contributed by atoms with Crippen molar-refractivity contribution in [3.05, 3.63) is 0 Å². The largest absolute Gasteiger partial charge is 0.460 e. The summed E-state index contributed by atoms with van der Waals surface area (Å²) in [5.41, 5.74) is 0. The molecule has 0 amide bonds. The fourth-order valence-electron chi connectivity index (χ4n) is 1.25. The molecule has 1 rings (SSSR count). The molecule has 1 fully saturated rings. The molecule has 0 aromatic rings. The maximum atomic E-state index is 10.6. The van der Waals surface area contributed by atoms with Crippen molar-refractivity contribution in [2.24, 2.45) is 0 Å². The van der Waals surface area contributed by atoms with Crippen LogP contribution >= 0.6 is 0 Å². The molecule has 66 valence electrons. The lowest BCUT2D eigenvalue weighted by Gasteiger charge is -2.15. The first-order valence-electron chi connectivity index (χ1n) is 3.82. The van der Waals surface area contributed by atoms with Crippen molar-refractivity contribution in [1.82, 2.24) is 0 Å². The molecule has 3 atom stereocenters. The minimum atomic E-state index is -0.469. The zero-order valence-electron chi connectivity index (χ0n) is 6.90. The van der Waals surface area contributed by atoms with E-state index in [1.54, 1.807) is 0 Å². The molecule has 4 nitrogen and oxygen atoms in total. The maximum absolute atomic E-state index is 10.6. The van der Waals surface area contributed by atoms with Crippen LogP contribution in [0.25, 0.3) is 0 Å². The lowest BCUT2D eigenvalue weighted by Crippen LogP contribution is -2.29. The van der Waals surface area contributed by atoms with Gasteiger partial charge in [0, 0.05) is 19.3 Å². The van der Waals surface area contributed by atoms with Gasteiger partial charge in [0.1, 0.15) is 20.1 Å². The van der Waals surface area contributed by atoms with Gasteiger partial charge in [0.05, 0.1) is 6.61 Å². The van der Waals surface area contributed by atoms with Gasteiger partial charge >= 0.3 is 5.97 Å². The van der Waals surface area contributed by atoms with Gasteiger partial charge in [-0.1, -0.05) is 0 Å². The topological polar surface area (TPSA) is 55.8 Å². The van der Waals surface area contributed by atoms with Gasteiger partial charge in [-0.25, -0.2) is 0 Å². The second kappa shape index (κ2) is 3.91. The van der Waals surface area contributed by atoms with E-state index in [9.17, 15) is 4.79 Å². The fourth-order valence-corrected chi connectivity index (χ4v) is 1.25. The van der Waals surface area contributed by atoms with Crippen LogP contribution in [0.3, 0.4) is 0 Å². The standard InChI is InChI=1S/C7H11BO4/c1-4(10)11-5-2-7(8)12-6(5)3-9/h5-7,9H,2-3H2,1H3. The predicted octanol–water partition coefficient (Wildman–Crippen LogP) is -0.806. The molecule has 1 heterocycles. The average molecular weight is 170 g/mol. The maximum Gasteiger partial charge on any atom is 0.302 e. The molecule has 0 aromatic carbocycles. The third kappa shape index (κ3) is 2.22. The van der Waals surface area contributed by atoms with Crippen molar-refractivity contribution < 1.29 is 19.4 Å². The SMILES string of the molecule is [B]C1CC(OC(C)=O)C(CO)O1. The zero-order chi connectivity index (χ0) is 9.14. The van der Waals surface area contributed by atoms with Crippen molar-refractivity contribution in [2.75, 3.05) is 6.61 Å². The van der Waals surface area contributed by atoms with Crippen LogP contribution < -0.4 is 0 Å². The van der Waals surface area contributed by atoms with Crippen LogP contribution in [0.1, 0.15) is 13.3 Å². The summed E-state index contributed by atoms with van der Waals surface area (Å²) in [7, 11) is 5.44. The Morgan fingerprint density at radius 2 is 2.50 bits per heavy atom. The highest BCUT2D eigenvalue weighted by Gasteiger charge is 2.34. The molecule has 0 saturated carbocycles. The van der Waals surface area contributed by atoms with E-state index in [0.717, 1.165) is 0 Å². The Hall–Kier alpha value is -0.545. The Balaban J connectivity index is 2.46. The van der Waals surface area contributed by atoms with Gasteiger partial charge in [0.2, 0.25) is 0 Å². The minimum absolute atomic E-state index is 0.175. The Morgan fingerprint density at radius 3 is 3.00 bits per heavy atom. The highest BCUT2D eigenvalue weighted by molar-refractivity contribution is 6.11. The Morgan fingerprint density at radius 1 is 1.83 bits per heavy atom. The number of hydrogen-bond donors (Lipinski definition) is 1. The molecule has 0 aromatic heterocycles. The predicted molar refractivity (Wildman–Crippen MR) is 41.7 cm³/mol. The van der Waals surface area contributed by atoms with E-state index < -0.39 is 18.2 Å². The summed E-state index contributed by atoms with van der Waals surface area (Å²) in [6.45, 7) is 1.14. The molecule has 1 N–H and O–H groups in total. The molecule has 3 unspecified atom stereocenters. The fraction of sp³-hybridized carbons (Fsp3) is 0.857. The Bertz CT molecular complexity index is 173. The summed E-state index contributed by atoms with van der Waals surface area (Å²) in [6.07, 6.45) is -0.420. The third-order valence-corrected chi connectivity index (χ3v) is 1.73. The molecule has 2 radical (unpaired) electrons. The lowest BCUT2D eigenvalue weighted by atomic mass is 9.96. The van der Waals surface area contributed by atoms with Crippen molar-refractivity contribution in [3.63, 3.8) is 0 Å². The van der Waals surface area contributed by atoms with Crippen molar-refractivity contribution in [3.8, 4) is 0 Å². The highest BCUT2D eigenvalue weighted by atomic mass is 16.6. The number of aliphatic hydroxyl groups is 1. The van der Waals surface area contributed by atoms with Gasteiger partial charge in [0.25, 0.3) is 0 Å². The van der Waals surface area contributed by atoms with E-state index in [0.29, 0.717) is 6.42 Å². The average Bonchev–Trinajstić information content (AvgIpc) is 2.29. The number of hydrogen-bond acceptors (Lipinski definition) is 4. The van der Waals surface area contributed by atoms with Crippen LogP contribution in [0.15, 0.2) is 0 Å². The van der Waals surface area contributed by atoms with E-state index >= 15 is 0 Å². The van der Waals surface area contributed by atoms with Gasteiger partial charge in [-0.3, -0.25) is 4.79 Å². The van der Waals surface area contributed by atoms with Gasteiger partial charge in [0.15, 0.2) is 0 Å². The minimum Gasteiger partial charge on any atom is -0.460 e. The van der Waals surface area contributed by atoms with E-state index in [1.807, 2.05) is 0 Å². The van der Waals surface area contributed by atoms with Crippen LogP contribution in [0.4, 0.5) is 0 Å². The van der Waals surface area contributed by atoms with E-state index in [-0.39, 0.29) is 12.6 Å². The highest BCUT2D eigenvalue weighted by Crippen LogP contribution is 2.21. The van der Waals surface area contributed by atoms with Crippen LogP contribution in [0.5, 0.6) is 0 Å². The first-order chi connectivity index (χ1) is 5.63. The summed E-state index contributed by atoms with van der Waals surface area (Å²) < 4.78 is 9.96. The van der Waals surface area contributed by atoms with Crippen LogP contribution in [0, 0.1) is 0 Å². The number of carbonyl (C=O) groups excluding carboxylic acids is 1. The van der Waals surface area contributed by atoms with Gasteiger partial charge in [-0.05, 0) is 0 Å². The molecule has 0 aliphatic carbocycles. The molecular weight excluding hydrogens is 159 g/mol. The molecule has 1 aliphatic rings. The van der Waals surface area contributed by atoms with Gasteiger partial charge < -0.3 is 14.6 Å². The summed E-state index contributed by atoms with van der Waals surface area (Å²) in [4.78, 5) is 10.6. The van der Waals surface area contributed by atoms with E-state index in [4.69, 9.17) is 22.4 Å². The molecule has 1 aliphatic heterocycles. The first kappa shape index (κ1) is 9.54. The smallest absolute Gasteiger partial charge is 0.302 e. The second-order valence-electron chi connectivity index (χ2n) is 2.78. The molecule has 0 bridgehead atoms. The monoisotopic (exact) mass is 170 g/mol. The van der Waals surface area contributed by atoms with Crippen LogP contribution in [-0.4, -0.2) is 43.7 Å². The number of aliphatic hydroxyl groups excluding tert-OH is 1. The Kier molecular flexibility index (Phi) is 3.11. The molecular formula is C7H11BO4. The molecule has 5 heteroatoms. The van der Waals surface area contributed by atoms with Crippen LogP contribution in [-0.2, 0) is 14.3 Å². The molecule has 12 heavy (non-hydrogen) atoms. The van der Waals surface area contributed by atoms with Gasteiger partial charge in [-0.2, -0.15) is 0 Å². The normalized spacial score (nSPS) is 35.0. The van der Waals surface area contributed by atoms with Crippen molar-refractivity contribution in [1.29, 1.82) is 0 Å².